The second-order valence-electron chi connectivity index (χ2n) is 10.0. The first-order chi connectivity index (χ1) is 19.5. The maximum atomic E-state index is 13.6. The second-order valence-corrected chi connectivity index (χ2v) is 12.0. The van der Waals surface area contributed by atoms with Crippen molar-refractivity contribution in [3.05, 3.63) is 138 Å². The summed E-state index contributed by atoms with van der Waals surface area (Å²) < 4.78 is 28.5. The predicted molar refractivity (Wildman–Crippen MR) is 158 cm³/mol. The number of nitrogens with zero attached hydrogens (tertiary/aromatic N) is 3. The molecule has 0 unspecified atom stereocenters. The molecule has 5 rings (SSSR count). The van der Waals surface area contributed by atoms with E-state index < -0.39 is 10.0 Å². The lowest BCUT2D eigenvalue weighted by Gasteiger charge is -2.40. The molecule has 0 atom stereocenters. The summed E-state index contributed by atoms with van der Waals surface area (Å²) in [6.45, 7) is 2.56. The third kappa shape index (κ3) is 6.67. The second kappa shape index (κ2) is 13.0. The minimum Gasteiger partial charge on any atom is -0.339 e. The van der Waals surface area contributed by atoms with Crippen LogP contribution >= 0.6 is 0 Å². The van der Waals surface area contributed by atoms with E-state index in [0.29, 0.717) is 32.6 Å². The average molecular weight is 554 g/mol. The normalized spacial score (nSPS) is 14.5. The average Bonchev–Trinajstić information content (AvgIpc) is 3.01. The van der Waals surface area contributed by atoms with E-state index in [1.165, 1.54) is 15.4 Å². The van der Waals surface area contributed by atoms with Crippen LogP contribution in [0.4, 0.5) is 0 Å². The highest BCUT2D eigenvalue weighted by molar-refractivity contribution is 7.89. The summed E-state index contributed by atoms with van der Waals surface area (Å²) in [5.74, 6) is -0.164. The Labute approximate surface area is 237 Å². The number of carbonyl (C=O) groups is 1. The molecular formula is C33H35N3O3S. The molecule has 40 heavy (non-hydrogen) atoms. The summed E-state index contributed by atoms with van der Waals surface area (Å²) in [6.07, 6.45) is 0.532. The monoisotopic (exact) mass is 553 g/mol. The molecule has 1 heterocycles. The van der Waals surface area contributed by atoms with Crippen molar-refractivity contribution in [3.8, 4) is 0 Å². The van der Waals surface area contributed by atoms with Gasteiger partial charge in [-0.15, -0.1) is 0 Å². The lowest BCUT2D eigenvalue weighted by atomic mass is 9.96. The molecular weight excluding hydrogens is 518 g/mol. The molecule has 1 amide bonds. The maximum Gasteiger partial charge on any atom is 0.243 e. The van der Waals surface area contributed by atoms with Gasteiger partial charge < -0.3 is 4.90 Å². The summed E-state index contributed by atoms with van der Waals surface area (Å²) in [6, 6.07) is 39.1. The molecule has 206 valence electrons. The first kappa shape index (κ1) is 27.8. The minimum absolute atomic E-state index is 0.0977. The fourth-order valence-corrected chi connectivity index (χ4v) is 6.70. The van der Waals surface area contributed by atoms with E-state index in [-0.39, 0.29) is 29.9 Å². The molecule has 0 aromatic heterocycles. The Hall–Kier alpha value is -3.78. The van der Waals surface area contributed by atoms with Crippen LogP contribution in [0.1, 0.15) is 22.7 Å². The van der Waals surface area contributed by atoms with Crippen LogP contribution in [0.2, 0.25) is 0 Å². The Bertz CT molecular complexity index is 1420. The Morgan fingerprint density at radius 3 is 1.68 bits per heavy atom. The van der Waals surface area contributed by atoms with Crippen molar-refractivity contribution >= 4 is 15.9 Å². The molecule has 1 aliphatic heterocycles. The Kier molecular flexibility index (Phi) is 9.06. The van der Waals surface area contributed by atoms with Crippen molar-refractivity contribution in [2.24, 2.45) is 0 Å². The number of hydrogen-bond acceptors (Lipinski definition) is 4. The summed E-state index contributed by atoms with van der Waals surface area (Å²) >= 11 is 0. The van der Waals surface area contributed by atoms with E-state index in [2.05, 4.69) is 53.4 Å². The number of sulfonamides is 1. The Morgan fingerprint density at radius 2 is 1.15 bits per heavy atom. The van der Waals surface area contributed by atoms with Crippen LogP contribution in [0.15, 0.2) is 126 Å². The topological polar surface area (TPSA) is 60.9 Å². The zero-order valence-electron chi connectivity index (χ0n) is 22.5. The first-order valence-electron chi connectivity index (χ1n) is 13.7. The summed E-state index contributed by atoms with van der Waals surface area (Å²) in [4.78, 5) is 17.9. The molecule has 1 saturated heterocycles. The van der Waals surface area contributed by atoms with Crippen molar-refractivity contribution in [2.45, 2.75) is 17.4 Å². The molecule has 1 aliphatic rings. The summed E-state index contributed by atoms with van der Waals surface area (Å²) in [5, 5.41) is 0. The van der Waals surface area contributed by atoms with E-state index in [4.69, 9.17) is 0 Å². The van der Waals surface area contributed by atoms with E-state index in [0.717, 1.165) is 5.56 Å². The number of rotatable bonds is 10. The third-order valence-electron chi connectivity index (χ3n) is 7.45. The maximum absolute atomic E-state index is 13.6. The van der Waals surface area contributed by atoms with Gasteiger partial charge in [0.15, 0.2) is 0 Å². The van der Waals surface area contributed by atoms with E-state index in [1.54, 1.807) is 35.2 Å². The van der Waals surface area contributed by atoms with Crippen LogP contribution < -0.4 is 0 Å². The molecule has 4 aromatic carbocycles. The van der Waals surface area contributed by atoms with Gasteiger partial charge in [-0.05, 0) is 35.2 Å². The Balaban J connectivity index is 1.29. The predicted octanol–water partition coefficient (Wildman–Crippen LogP) is 4.85. The molecule has 1 fully saturated rings. The largest absolute Gasteiger partial charge is 0.339 e. The van der Waals surface area contributed by atoms with E-state index in [1.807, 2.05) is 42.5 Å². The molecule has 0 N–H and O–H groups in total. The zero-order chi connectivity index (χ0) is 27.8. The lowest BCUT2D eigenvalue weighted by molar-refractivity contribution is -0.133. The first-order valence-corrected chi connectivity index (χ1v) is 15.2. The van der Waals surface area contributed by atoms with Gasteiger partial charge in [0, 0.05) is 32.7 Å². The number of amides is 1. The highest BCUT2D eigenvalue weighted by Gasteiger charge is 2.31. The molecule has 0 aliphatic carbocycles. The standard InChI is InChI=1S/C33H35N3O3S/c37-32(27-36(22-21-28-13-5-1-6-14-28)40(38,39)31-19-11-4-12-20-31)34-23-25-35(26-24-34)33(29-15-7-2-8-16-29)30-17-9-3-10-18-30/h1-20,33H,21-27H2. The highest BCUT2D eigenvalue weighted by Crippen LogP contribution is 2.29. The molecule has 4 aromatic rings. The number of hydrogen-bond donors (Lipinski definition) is 0. The molecule has 6 nitrogen and oxygen atoms in total. The van der Waals surface area contributed by atoms with Crippen molar-refractivity contribution in [1.29, 1.82) is 0 Å². The SMILES string of the molecule is O=C(CN(CCc1ccccc1)S(=O)(=O)c1ccccc1)N1CCN(C(c2ccccc2)c2ccccc2)CC1. The van der Waals surface area contributed by atoms with Crippen LogP contribution in [0.5, 0.6) is 0 Å². The molecule has 0 bridgehead atoms. The molecule has 0 saturated carbocycles. The molecule has 0 spiro atoms. The van der Waals surface area contributed by atoms with E-state index in [9.17, 15) is 13.2 Å². The number of carbonyl (C=O) groups excluding carboxylic acids is 1. The van der Waals surface area contributed by atoms with Crippen molar-refractivity contribution in [1.82, 2.24) is 14.1 Å². The van der Waals surface area contributed by atoms with Crippen molar-refractivity contribution in [3.63, 3.8) is 0 Å². The van der Waals surface area contributed by atoms with Gasteiger partial charge in [0.2, 0.25) is 15.9 Å². The van der Waals surface area contributed by atoms with Crippen LogP contribution in [0.3, 0.4) is 0 Å². The van der Waals surface area contributed by atoms with Gasteiger partial charge in [0.1, 0.15) is 0 Å². The minimum atomic E-state index is -3.83. The Morgan fingerprint density at radius 1 is 0.675 bits per heavy atom. The van der Waals surface area contributed by atoms with Crippen molar-refractivity contribution < 1.29 is 13.2 Å². The summed E-state index contributed by atoms with van der Waals surface area (Å²) in [7, 11) is -3.83. The van der Waals surface area contributed by atoms with Crippen LogP contribution in [-0.4, -0.2) is 67.7 Å². The third-order valence-corrected chi connectivity index (χ3v) is 9.31. The lowest BCUT2D eigenvalue weighted by Crippen LogP contribution is -2.52. The van der Waals surface area contributed by atoms with Gasteiger partial charge in [0.25, 0.3) is 0 Å². The van der Waals surface area contributed by atoms with Gasteiger partial charge in [-0.1, -0.05) is 109 Å². The molecule has 0 radical (unpaired) electrons. The quantitative estimate of drug-likeness (QED) is 0.282. The highest BCUT2D eigenvalue weighted by atomic mass is 32.2. The number of benzene rings is 4. The van der Waals surface area contributed by atoms with Gasteiger partial charge in [-0.25, -0.2) is 8.42 Å². The fraction of sp³-hybridized carbons (Fsp3) is 0.242. The van der Waals surface area contributed by atoms with Gasteiger partial charge in [0.05, 0.1) is 17.5 Å². The van der Waals surface area contributed by atoms with Crippen molar-refractivity contribution in [2.75, 3.05) is 39.3 Å². The smallest absolute Gasteiger partial charge is 0.243 e. The van der Waals surface area contributed by atoms with Crippen LogP contribution in [0, 0.1) is 0 Å². The summed E-state index contributed by atoms with van der Waals surface area (Å²) in [5.41, 5.74) is 3.47. The molecule has 7 heteroatoms. The zero-order valence-corrected chi connectivity index (χ0v) is 23.4. The fourth-order valence-electron chi connectivity index (χ4n) is 5.29. The van der Waals surface area contributed by atoms with Gasteiger partial charge in [-0.2, -0.15) is 4.31 Å². The van der Waals surface area contributed by atoms with E-state index >= 15 is 0 Å². The number of piperazine rings is 1. The van der Waals surface area contributed by atoms with Gasteiger partial charge >= 0.3 is 0 Å². The van der Waals surface area contributed by atoms with Crippen LogP contribution in [-0.2, 0) is 21.2 Å². The van der Waals surface area contributed by atoms with Gasteiger partial charge in [-0.3, -0.25) is 9.69 Å². The van der Waals surface area contributed by atoms with Crippen LogP contribution in [0.25, 0.3) is 0 Å².